The number of hydrogen-bond acceptors (Lipinski definition) is 4. The molecule has 0 spiro atoms. The summed E-state index contributed by atoms with van der Waals surface area (Å²) in [6.07, 6.45) is 3.00. The molecule has 0 bridgehead atoms. The number of amides is 1. The molecule has 3 N–H and O–H groups in total. The van der Waals surface area contributed by atoms with Gasteiger partial charge in [0, 0.05) is 17.1 Å². The quantitative estimate of drug-likeness (QED) is 0.693. The van der Waals surface area contributed by atoms with Crippen molar-refractivity contribution in [3.63, 3.8) is 0 Å². The zero-order chi connectivity index (χ0) is 15.5. The van der Waals surface area contributed by atoms with Crippen molar-refractivity contribution in [2.75, 3.05) is 5.32 Å². The first-order valence-corrected chi connectivity index (χ1v) is 6.76. The zero-order valence-corrected chi connectivity index (χ0v) is 11.7. The van der Waals surface area contributed by atoms with E-state index in [1.54, 1.807) is 30.3 Å². The summed E-state index contributed by atoms with van der Waals surface area (Å²) in [6.45, 7) is -0.207. The number of anilines is 1. The lowest BCUT2D eigenvalue weighted by molar-refractivity contribution is 0.102. The van der Waals surface area contributed by atoms with Gasteiger partial charge in [0.2, 0.25) is 0 Å². The number of aliphatic hydroxyl groups is 1. The number of pyridine rings is 1. The van der Waals surface area contributed by atoms with Crippen LogP contribution in [0.1, 0.15) is 15.9 Å². The predicted octanol–water partition coefficient (Wildman–Crippen LogP) is 2.69. The number of aromatic hydroxyl groups is 1. The summed E-state index contributed by atoms with van der Waals surface area (Å²) in [5.74, 6) is -0.518. The molecular weight excluding hydrogens is 280 g/mol. The average Bonchev–Trinajstić information content (AvgIpc) is 2.56. The van der Waals surface area contributed by atoms with Crippen molar-refractivity contribution in [3.05, 3.63) is 66.0 Å². The van der Waals surface area contributed by atoms with Crippen LogP contribution in [0.15, 0.2) is 54.9 Å². The molecule has 0 saturated heterocycles. The molecule has 0 unspecified atom stereocenters. The van der Waals surface area contributed by atoms with Gasteiger partial charge in [-0.2, -0.15) is 0 Å². The van der Waals surface area contributed by atoms with Gasteiger partial charge in [-0.05, 0) is 17.5 Å². The molecule has 2 aromatic carbocycles. The highest BCUT2D eigenvalue weighted by Gasteiger charge is 2.15. The molecule has 110 valence electrons. The van der Waals surface area contributed by atoms with Gasteiger partial charge >= 0.3 is 0 Å². The second kappa shape index (κ2) is 5.83. The Labute approximate surface area is 126 Å². The van der Waals surface area contributed by atoms with Crippen LogP contribution in [-0.4, -0.2) is 21.1 Å². The van der Waals surface area contributed by atoms with E-state index in [1.807, 2.05) is 12.1 Å². The SMILES string of the molecule is O=C(Nc1cnccc1CO)c1ccc2ccccc2c1O. The minimum atomic E-state index is -0.453. The third-order valence-electron chi connectivity index (χ3n) is 3.48. The molecule has 3 rings (SSSR count). The number of phenols is 1. The maximum absolute atomic E-state index is 12.4. The number of nitrogens with zero attached hydrogens (tertiary/aromatic N) is 1. The van der Waals surface area contributed by atoms with Crippen molar-refractivity contribution in [2.24, 2.45) is 0 Å². The van der Waals surface area contributed by atoms with Crippen LogP contribution in [0.3, 0.4) is 0 Å². The normalized spacial score (nSPS) is 10.6. The average molecular weight is 294 g/mol. The fraction of sp³-hybridized carbons (Fsp3) is 0.0588. The molecule has 0 aliphatic heterocycles. The van der Waals surface area contributed by atoms with Crippen molar-refractivity contribution in [2.45, 2.75) is 6.61 Å². The van der Waals surface area contributed by atoms with E-state index in [2.05, 4.69) is 10.3 Å². The molecule has 3 aromatic rings. The van der Waals surface area contributed by atoms with Crippen molar-refractivity contribution in [1.29, 1.82) is 0 Å². The van der Waals surface area contributed by atoms with Gasteiger partial charge in [0.05, 0.1) is 24.1 Å². The number of carbonyl (C=O) groups is 1. The number of rotatable bonds is 3. The molecule has 0 aliphatic carbocycles. The van der Waals surface area contributed by atoms with Crippen LogP contribution >= 0.6 is 0 Å². The number of nitrogens with one attached hydrogen (secondary N) is 1. The lowest BCUT2D eigenvalue weighted by atomic mass is 10.0. The Balaban J connectivity index is 1.97. The maximum atomic E-state index is 12.4. The third-order valence-corrected chi connectivity index (χ3v) is 3.48. The Hall–Kier alpha value is -2.92. The van der Waals surface area contributed by atoms with Crippen LogP contribution in [-0.2, 0) is 6.61 Å². The molecular formula is C17H14N2O3. The topological polar surface area (TPSA) is 82.5 Å². The number of carbonyl (C=O) groups excluding carboxylic acids is 1. The second-order valence-electron chi connectivity index (χ2n) is 4.83. The second-order valence-corrected chi connectivity index (χ2v) is 4.83. The van der Waals surface area contributed by atoms with Gasteiger partial charge in [0.1, 0.15) is 5.75 Å². The number of fused-ring (bicyclic) bond motifs is 1. The number of benzene rings is 2. The van der Waals surface area contributed by atoms with Crippen LogP contribution in [0, 0.1) is 0 Å². The Morgan fingerprint density at radius 2 is 1.95 bits per heavy atom. The van der Waals surface area contributed by atoms with Gasteiger partial charge < -0.3 is 15.5 Å². The van der Waals surface area contributed by atoms with Crippen molar-refractivity contribution >= 4 is 22.4 Å². The van der Waals surface area contributed by atoms with Crippen LogP contribution in [0.5, 0.6) is 5.75 Å². The largest absolute Gasteiger partial charge is 0.506 e. The molecule has 0 fully saturated rings. The lowest BCUT2D eigenvalue weighted by Gasteiger charge is -2.11. The maximum Gasteiger partial charge on any atom is 0.259 e. The van der Waals surface area contributed by atoms with Gasteiger partial charge in [-0.3, -0.25) is 9.78 Å². The summed E-state index contributed by atoms with van der Waals surface area (Å²) < 4.78 is 0. The van der Waals surface area contributed by atoms with Gasteiger partial charge in [0.25, 0.3) is 5.91 Å². The summed E-state index contributed by atoms with van der Waals surface area (Å²) in [7, 11) is 0. The summed E-state index contributed by atoms with van der Waals surface area (Å²) in [5, 5.41) is 23.7. The van der Waals surface area contributed by atoms with Gasteiger partial charge in [0.15, 0.2) is 0 Å². The van der Waals surface area contributed by atoms with E-state index in [0.717, 1.165) is 5.39 Å². The standard InChI is InChI=1S/C17H14N2O3/c20-10-12-7-8-18-9-15(12)19-17(22)14-6-5-11-3-1-2-4-13(11)16(14)21/h1-9,20-21H,10H2,(H,19,22). The first-order chi connectivity index (χ1) is 10.7. The Bertz CT molecular complexity index is 846. The van der Waals surface area contributed by atoms with Gasteiger partial charge in [-0.15, -0.1) is 0 Å². The first-order valence-electron chi connectivity index (χ1n) is 6.76. The molecule has 22 heavy (non-hydrogen) atoms. The third kappa shape index (κ3) is 2.49. The van der Waals surface area contributed by atoms with Crippen LogP contribution in [0.4, 0.5) is 5.69 Å². The highest BCUT2D eigenvalue weighted by molar-refractivity contribution is 6.10. The summed E-state index contributed by atoms with van der Waals surface area (Å²) in [6, 6.07) is 12.3. The lowest BCUT2D eigenvalue weighted by Crippen LogP contribution is -2.14. The summed E-state index contributed by atoms with van der Waals surface area (Å²) >= 11 is 0. The number of hydrogen-bond donors (Lipinski definition) is 3. The van der Waals surface area contributed by atoms with E-state index >= 15 is 0 Å². The monoisotopic (exact) mass is 294 g/mol. The minimum Gasteiger partial charge on any atom is -0.506 e. The van der Waals surface area contributed by atoms with Crippen molar-refractivity contribution in [1.82, 2.24) is 4.98 Å². The highest BCUT2D eigenvalue weighted by Crippen LogP contribution is 2.29. The van der Waals surface area contributed by atoms with Gasteiger partial charge in [-0.25, -0.2) is 0 Å². The molecule has 0 atom stereocenters. The van der Waals surface area contributed by atoms with E-state index in [0.29, 0.717) is 16.6 Å². The smallest absolute Gasteiger partial charge is 0.259 e. The Kier molecular flexibility index (Phi) is 3.72. The Morgan fingerprint density at radius 3 is 2.77 bits per heavy atom. The summed E-state index contributed by atoms with van der Waals surface area (Å²) in [5.41, 5.74) is 1.15. The molecule has 1 heterocycles. The molecule has 5 heteroatoms. The van der Waals surface area contributed by atoms with Crippen LogP contribution < -0.4 is 5.32 Å². The molecule has 0 aliphatic rings. The van der Waals surface area contributed by atoms with Crippen LogP contribution in [0.25, 0.3) is 10.8 Å². The summed E-state index contributed by atoms with van der Waals surface area (Å²) in [4.78, 5) is 16.3. The number of aromatic nitrogens is 1. The van der Waals surface area contributed by atoms with E-state index in [9.17, 15) is 15.0 Å². The fourth-order valence-electron chi connectivity index (χ4n) is 2.30. The predicted molar refractivity (Wildman–Crippen MR) is 83.7 cm³/mol. The molecule has 0 radical (unpaired) electrons. The first kappa shape index (κ1) is 14.0. The van der Waals surface area contributed by atoms with Crippen LogP contribution in [0.2, 0.25) is 0 Å². The van der Waals surface area contributed by atoms with Crippen molar-refractivity contribution in [3.8, 4) is 5.75 Å². The van der Waals surface area contributed by atoms with E-state index in [4.69, 9.17) is 0 Å². The number of aliphatic hydroxyl groups excluding tert-OH is 1. The molecule has 5 nitrogen and oxygen atoms in total. The van der Waals surface area contributed by atoms with E-state index in [-0.39, 0.29) is 17.9 Å². The minimum absolute atomic E-state index is 0.0648. The zero-order valence-electron chi connectivity index (χ0n) is 11.7. The van der Waals surface area contributed by atoms with E-state index in [1.165, 1.54) is 12.4 Å². The highest BCUT2D eigenvalue weighted by atomic mass is 16.3. The molecule has 1 aromatic heterocycles. The number of phenolic OH excluding ortho intramolecular Hbond substituents is 1. The molecule has 0 saturated carbocycles. The molecule has 1 amide bonds. The van der Waals surface area contributed by atoms with Gasteiger partial charge in [-0.1, -0.05) is 30.3 Å². The van der Waals surface area contributed by atoms with E-state index < -0.39 is 5.91 Å². The Morgan fingerprint density at radius 1 is 1.14 bits per heavy atom. The fourth-order valence-corrected chi connectivity index (χ4v) is 2.30. The van der Waals surface area contributed by atoms with Crippen molar-refractivity contribution < 1.29 is 15.0 Å².